The van der Waals surface area contributed by atoms with Crippen molar-refractivity contribution in [2.75, 3.05) is 21.9 Å². The van der Waals surface area contributed by atoms with Gasteiger partial charge in [-0.3, -0.25) is 9.10 Å². The van der Waals surface area contributed by atoms with Crippen LogP contribution < -0.4 is 9.62 Å². The van der Waals surface area contributed by atoms with Crippen LogP contribution in [0.3, 0.4) is 0 Å². The second-order valence-electron chi connectivity index (χ2n) is 5.49. The van der Waals surface area contributed by atoms with Gasteiger partial charge in [-0.15, -0.1) is 0 Å². The van der Waals surface area contributed by atoms with Crippen LogP contribution in [0.5, 0.6) is 0 Å². The highest BCUT2D eigenvalue weighted by Gasteiger charge is 2.30. The van der Waals surface area contributed by atoms with Gasteiger partial charge in [0.15, 0.2) is 0 Å². The molecule has 1 heterocycles. The van der Waals surface area contributed by atoms with Gasteiger partial charge in [0.1, 0.15) is 0 Å². The number of nitrogens with zero attached hydrogens (tertiary/aromatic N) is 1. The second kappa shape index (κ2) is 7.03. The molecule has 0 radical (unpaired) electrons. The Morgan fingerprint density at radius 3 is 2.44 bits per heavy atom. The van der Waals surface area contributed by atoms with E-state index in [0.717, 1.165) is 0 Å². The fourth-order valence-electron chi connectivity index (χ4n) is 2.56. The quantitative estimate of drug-likeness (QED) is 0.800. The van der Waals surface area contributed by atoms with Crippen LogP contribution in [0.15, 0.2) is 36.4 Å². The van der Waals surface area contributed by atoms with Crippen LogP contribution in [0.1, 0.15) is 16.8 Å². The van der Waals surface area contributed by atoms with Crippen LogP contribution in [-0.2, 0) is 10.0 Å². The minimum Gasteiger partial charge on any atom is -0.322 e. The average molecular weight is 420 g/mol. The Kier molecular flexibility index (Phi) is 5.16. The largest absolute Gasteiger partial charge is 0.322 e. The van der Waals surface area contributed by atoms with E-state index in [1.165, 1.54) is 22.5 Å². The van der Waals surface area contributed by atoms with Crippen molar-refractivity contribution in [2.24, 2.45) is 0 Å². The maximum absolute atomic E-state index is 12.4. The molecule has 1 aliphatic rings. The second-order valence-corrected chi connectivity index (χ2v) is 8.75. The highest BCUT2D eigenvalue weighted by atomic mass is 35.5. The lowest BCUT2D eigenvalue weighted by molar-refractivity contribution is 0.102. The lowest BCUT2D eigenvalue weighted by Gasteiger charge is -2.19. The zero-order valence-electron chi connectivity index (χ0n) is 12.8. The molecule has 132 valence electrons. The Morgan fingerprint density at radius 2 is 1.80 bits per heavy atom. The van der Waals surface area contributed by atoms with Gasteiger partial charge < -0.3 is 5.32 Å². The highest BCUT2D eigenvalue weighted by Crippen LogP contribution is 2.34. The molecule has 0 atom stereocenters. The van der Waals surface area contributed by atoms with E-state index in [4.69, 9.17) is 34.8 Å². The van der Waals surface area contributed by atoms with Gasteiger partial charge in [-0.2, -0.15) is 0 Å². The van der Waals surface area contributed by atoms with E-state index in [9.17, 15) is 13.2 Å². The Bertz CT molecular complexity index is 948. The third-order valence-electron chi connectivity index (χ3n) is 3.75. The van der Waals surface area contributed by atoms with Crippen molar-refractivity contribution in [2.45, 2.75) is 6.42 Å². The van der Waals surface area contributed by atoms with E-state index in [1.54, 1.807) is 18.2 Å². The fraction of sp³-hybridized carbons (Fsp3) is 0.188. The van der Waals surface area contributed by atoms with Crippen LogP contribution in [0.25, 0.3) is 0 Å². The van der Waals surface area contributed by atoms with Crippen molar-refractivity contribution in [3.8, 4) is 0 Å². The van der Waals surface area contributed by atoms with Gasteiger partial charge in [0.25, 0.3) is 5.91 Å². The molecule has 0 unspecified atom stereocenters. The molecule has 2 aromatic rings. The minimum atomic E-state index is -3.37. The first-order chi connectivity index (χ1) is 11.8. The summed E-state index contributed by atoms with van der Waals surface area (Å²) in [6.07, 6.45) is 0.537. The van der Waals surface area contributed by atoms with E-state index in [2.05, 4.69) is 5.32 Å². The first-order valence-corrected chi connectivity index (χ1v) is 10.1. The molecule has 1 saturated heterocycles. The molecule has 1 N–H and O–H groups in total. The molecule has 1 fully saturated rings. The summed E-state index contributed by atoms with van der Waals surface area (Å²) in [6, 6.07) is 9.23. The van der Waals surface area contributed by atoms with Crippen molar-refractivity contribution in [3.05, 3.63) is 57.0 Å². The summed E-state index contributed by atoms with van der Waals surface area (Å²) in [5, 5.41) is 3.64. The topological polar surface area (TPSA) is 66.5 Å². The van der Waals surface area contributed by atoms with Crippen molar-refractivity contribution < 1.29 is 13.2 Å². The maximum atomic E-state index is 12.4. The van der Waals surface area contributed by atoms with E-state index < -0.39 is 15.9 Å². The number of hydrogen-bond donors (Lipinski definition) is 1. The summed E-state index contributed by atoms with van der Waals surface area (Å²) in [5.41, 5.74) is 1.02. The van der Waals surface area contributed by atoms with Gasteiger partial charge >= 0.3 is 0 Å². The minimum absolute atomic E-state index is 0.0836. The molecule has 25 heavy (non-hydrogen) atoms. The summed E-state index contributed by atoms with van der Waals surface area (Å²) >= 11 is 18.0. The molecule has 1 aliphatic heterocycles. The summed E-state index contributed by atoms with van der Waals surface area (Å²) in [7, 11) is -3.37. The highest BCUT2D eigenvalue weighted by molar-refractivity contribution is 7.93. The SMILES string of the molecule is O=C(Nc1ccc(Cl)c(N2CCCS2(=O)=O)c1)c1ccc(Cl)cc1Cl. The molecular weight excluding hydrogens is 407 g/mol. The lowest BCUT2D eigenvalue weighted by atomic mass is 10.2. The molecule has 0 aromatic heterocycles. The number of benzene rings is 2. The molecule has 0 spiro atoms. The van der Waals surface area contributed by atoms with E-state index in [-0.39, 0.29) is 16.3 Å². The molecular formula is C16H13Cl3N2O3S. The summed E-state index contributed by atoms with van der Waals surface area (Å²) in [6.45, 7) is 0.364. The number of anilines is 2. The summed E-state index contributed by atoms with van der Waals surface area (Å²) in [5.74, 6) is -0.348. The van der Waals surface area contributed by atoms with Crippen molar-refractivity contribution in [1.29, 1.82) is 0 Å². The van der Waals surface area contributed by atoms with Gasteiger partial charge in [-0.1, -0.05) is 34.8 Å². The molecule has 0 aliphatic carbocycles. The van der Waals surface area contributed by atoms with E-state index in [0.29, 0.717) is 34.4 Å². The van der Waals surface area contributed by atoms with Gasteiger partial charge in [0.2, 0.25) is 10.0 Å². The van der Waals surface area contributed by atoms with Crippen LogP contribution in [-0.4, -0.2) is 26.6 Å². The van der Waals surface area contributed by atoms with Crippen molar-refractivity contribution >= 4 is 62.1 Å². The molecule has 0 saturated carbocycles. The fourth-order valence-corrected chi connectivity index (χ4v) is 4.90. The smallest absolute Gasteiger partial charge is 0.257 e. The molecule has 2 aromatic carbocycles. The third kappa shape index (κ3) is 3.87. The Labute approximate surface area is 160 Å². The summed E-state index contributed by atoms with van der Waals surface area (Å²) in [4.78, 5) is 12.4. The predicted octanol–water partition coefficient (Wildman–Crippen LogP) is 4.44. The number of rotatable bonds is 3. The van der Waals surface area contributed by atoms with Gasteiger partial charge in [-0.25, -0.2) is 8.42 Å². The van der Waals surface area contributed by atoms with Gasteiger partial charge in [-0.05, 0) is 42.8 Å². The first kappa shape index (κ1) is 18.3. The Hall–Kier alpha value is -1.47. The molecule has 9 heteroatoms. The molecule has 5 nitrogen and oxygen atoms in total. The average Bonchev–Trinajstić information content (AvgIpc) is 2.88. The van der Waals surface area contributed by atoms with E-state index >= 15 is 0 Å². The number of hydrogen-bond acceptors (Lipinski definition) is 3. The Morgan fingerprint density at radius 1 is 1.04 bits per heavy atom. The van der Waals surface area contributed by atoms with Crippen molar-refractivity contribution in [1.82, 2.24) is 0 Å². The van der Waals surface area contributed by atoms with Crippen LogP contribution in [0.2, 0.25) is 15.1 Å². The maximum Gasteiger partial charge on any atom is 0.257 e. The zero-order valence-corrected chi connectivity index (χ0v) is 15.9. The molecule has 3 rings (SSSR count). The number of carbonyl (C=O) groups is 1. The van der Waals surface area contributed by atoms with Gasteiger partial charge in [0, 0.05) is 17.3 Å². The van der Waals surface area contributed by atoms with E-state index in [1.807, 2.05) is 0 Å². The van der Waals surface area contributed by atoms with Gasteiger partial charge in [0.05, 0.1) is 27.0 Å². The molecule has 0 bridgehead atoms. The number of amides is 1. The lowest BCUT2D eigenvalue weighted by Crippen LogP contribution is -2.25. The molecule has 1 amide bonds. The van der Waals surface area contributed by atoms with Crippen molar-refractivity contribution in [3.63, 3.8) is 0 Å². The number of sulfonamides is 1. The standard InChI is InChI=1S/C16H13Cl3N2O3S/c17-10-2-4-12(14(19)8-10)16(22)20-11-3-5-13(18)15(9-11)21-6-1-7-25(21,23)24/h2-5,8-9H,1,6-7H2,(H,20,22). The normalized spacial score (nSPS) is 16.0. The number of carbonyl (C=O) groups excluding carboxylic acids is 1. The first-order valence-electron chi connectivity index (χ1n) is 7.34. The zero-order chi connectivity index (χ0) is 18.2. The number of halogens is 3. The summed E-state index contributed by atoms with van der Waals surface area (Å²) < 4.78 is 25.5. The van der Waals surface area contributed by atoms with Crippen LogP contribution in [0.4, 0.5) is 11.4 Å². The van der Waals surface area contributed by atoms with Crippen LogP contribution in [0, 0.1) is 0 Å². The van der Waals surface area contributed by atoms with Crippen LogP contribution >= 0.6 is 34.8 Å². The third-order valence-corrected chi connectivity index (χ3v) is 6.47. The monoisotopic (exact) mass is 418 g/mol. The number of nitrogens with one attached hydrogen (secondary N) is 1. The predicted molar refractivity (Wildman–Crippen MR) is 102 cm³/mol. The Balaban J connectivity index is 1.89.